The van der Waals surface area contributed by atoms with Gasteiger partial charge in [-0.05, 0) is 43.2 Å². The van der Waals surface area contributed by atoms with Gasteiger partial charge in [0.25, 0.3) is 5.89 Å². The van der Waals surface area contributed by atoms with Crippen LogP contribution in [0.4, 0.5) is 0 Å². The molecule has 0 amide bonds. The molecule has 3 aromatic rings. The van der Waals surface area contributed by atoms with Gasteiger partial charge in [-0.3, -0.25) is 4.79 Å². The Morgan fingerprint density at radius 2 is 1.92 bits per heavy atom. The van der Waals surface area contributed by atoms with Crippen LogP contribution in [0.1, 0.15) is 23.4 Å². The fraction of sp³-hybridized carbons (Fsp3) is 0.250. The number of ether oxygens (including phenoxy) is 2. The van der Waals surface area contributed by atoms with Gasteiger partial charge in [-0.15, -0.1) is 10.2 Å². The summed E-state index contributed by atoms with van der Waals surface area (Å²) in [6, 6.07) is 15.4. The number of nitrogens with zero attached hydrogens (tertiary/aromatic N) is 2. The van der Waals surface area contributed by atoms with Crippen molar-refractivity contribution in [1.29, 1.82) is 0 Å². The molecule has 0 saturated heterocycles. The van der Waals surface area contributed by atoms with Crippen molar-refractivity contribution in [3.63, 3.8) is 0 Å². The second-order valence-electron chi connectivity index (χ2n) is 5.88. The SMILES string of the molecule is COc1ccc(CCC(=O)OCc2nnc(-c3cccc(C)c3)o2)cc1. The van der Waals surface area contributed by atoms with E-state index in [9.17, 15) is 4.79 Å². The first kappa shape index (κ1) is 17.7. The smallest absolute Gasteiger partial charge is 0.306 e. The highest BCUT2D eigenvalue weighted by Gasteiger charge is 2.11. The first-order valence-corrected chi connectivity index (χ1v) is 8.32. The third-order valence-corrected chi connectivity index (χ3v) is 3.87. The lowest BCUT2D eigenvalue weighted by Gasteiger charge is -2.04. The first-order valence-electron chi connectivity index (χ1n) is 8.32. The zero-order valence-corrected chi connectivity index (χ0v) is 14.8. The zero-order chi connectivity index (χ0) is 18.4. The number of hydrogen-bond donors (Lipinski definition) is 0. The van der Waals surface area contributed by atoms with Gasteiger partial charge in [0.05, 0.1) is 7.11 Å². The summed E-state index contributed by atoms with van der Waals surface area (Å²) in [5, 5.41) is 7.92. The van der Waals surface area contributed by atoms with Gasteiger partial charge in [-0.1, -0.05) is 29.8 Å². The maximum atomic E-state index is 11.9. The molecule has 6 heteroatoms. The molecule has 0 aliphatic heterocycles. The van der Waals surface area contributed by atoms with E-state index in [1.54, 1.807) is 7.11 Å². The summed E-state index contributed by atoms with van der Waals surface area (Å²) < 4.78 is 15.9. The summed E-state index contributed by atoms with van der Waals surface area (Å²) in [7, 11) is 1.62. The van der Waals surface area contributed by atoms with E-state index in [-0.39, 0.29) is 24.9 Å². The minimum atomic E-state index is -0.309. The second kappa shape index (κ2) is 8.29. The number of hydrogen-bond acceptors (Lipinski definition) is 6. The molecule has 0 spiro atoms. The van der Waals surface area contributed by atoms with E-state index < -0.39 is 0 Å². The molecule has 0 bridgehead atoms. The van der Waals surface area contributed by atoms with Crippen LogP contribution in [0.3, 0.4) is 0 Å². The fourth-order valence-electron chi connectivity index (χ4n) is 2.46. The number of carbonyl (C=O) groups excluding carboxylic acids is 1. The molecule has 0 aliphatic rings. The molecule has 0 fully saturated rings. The third kappa shape index (κ3) is 4.69. The van der Waals surface area contributed by atoms with Gasteiger partial charge in [0.15, 0.2) is 6.61 Å². The lowest BCUT2D eigenvalue weighted by Crippen LogP contribution is -2.06. The molecule has 0 radical (unpaired) electrons. The molecule has 0 saturated carbocycles. The lowest BCUT2D eigenvalue weighted by atomic mass is 10.1. The molecule has 1 aromatic heterocycles. The van der Waals surface area contributed by atoms with Crippen LogP contribution in [0, 0.1) is 6.92 Å². The Kier molecular flexibility index (Phi) is 5.63. The van der Waals surface area contributed by atoms with E-state index in [4.69, 9.17) is 13.9 Å². The molecule has 0 unspecified atom stereocenters. The third-order valence-electron chi connectivity index (χ3n) is 3.87. The normalized spacial score (nSPS) is 10.5. The van der Waals surface area contributed by atoms with E-state index >= 15 is 0 Å². The summed E-state index contributed by atoms with van der Waals surface area (Å²) in [6.45, 7) is 1.96. The van der Waals surface area contributed by atoms with E-state index in [1.807, 2.05) is 55.5 Å². The van der Waals surface area contributed by atoms with Crippen molar-refractivity contribution < 1.29 is 18.7 Å². The van der Waals surface area contributed by atoms with Crippen LogP contribution < -0.4 is 4.74 Å². The maximum absolute atomic E-state index is 11.9. The summed E-state index contributed by atoms with van der Waals surface area (Å²) in [4.78, 5) is 11.9. The molecule has 26 heavy (non-hydrogen) atoms. The highest BCUT2D eigenvalue weighted by Crippen LogP contribution is 2.19. The minimum Gasteiger partial charge on any atom is -0.497 e. The number of esters is 1. The topological polar surface area (TPSA) is 74.5 Å². The van der Waals surface area contributed by atoms with Crippen LogP contribution in [0.2, 0.25) is 0 Å². The largest absolute Gasteiger partial charge is 0.497 e. The summed E-state index contributed by atoms with van der Waals surface area (Å²) in [5.41, 5.74) is 2.99. The van der Waals surface area contributed by atoms with Crippen LogP contribution >= 0.6 is 0 Å². The summed E-state index contributed by atoms with van der Waals surface area (Å²) >= 11 is 0. The number of benzene rings is 2. The molecule has 0 N–H and O–H groups in total. The van der Waals surface area contributed by atoms with Gasteiger partial charge in [0.2, 0.25) is 5.89 Å². The van der Waals surface area contributed by atoms with Crippen molar-refractivity contribution in [1.82, 2.24) is 10.2 Å². The van der Waals surface area contributed by atoms with Crippen molar-refractivity contribution in [2.45, 2.75) is 26.4 Å². The summed E-state index contributed by atoms with van der Waals surface area (Å²) in [5.74, 6) is 1.17. The Balaban J connectivity index is 1.48. The van der Waals surface area contributed by atoms with Gasteiger partial charge < -0.3 is 13.9 Å². The van der Waals surface area contributed by atoms with Crippen LogP contribution in [-0.4, -0.2) is 23.3 Å². The van der Waals surface area contributed by atoms with E-state index in [0.29, 0.717) is 12.3 Å². The standard InChI is InChI=1S/C20H20N2O4/c1-14-4-3-5-16(12-14)20-22-21-18(26-20)13-25-19(23)11-8-15-6-9-17(24-2)10-7-15/h3-7,9-10,12H,8,11,13H2,1-2H3. The molecular weight excluding hydrogens is 332 g/mol. The number of methoxy groups -OCH3 is 1. The van der Waals surface area contributed by atoms with Crippen LogP contribution in [-0.2, 0) is 22.6 Å². The maximum Gasteiger partial charge on any atom is 0.306 e. The average Bonchev–Trinajstić information content (AvgIpc) is 3.14. The second-order valence-corrected chi connectivity index (χ2v) is 5.88. The first-order chi connectivity index (χ1) is 12.6. The molecule has 2 aromatic carbocycles. The van der Waals surface area contributed by atoms with Crippen molar-refractivity contribution >= 4 is 5.97 Å². The van der Waals surface area contributed by atoms with Gasteiger partial charge in [-0.25, -0.2) is 0 Å². The lowest BCUT2D eigenvalue weighted by molar-refractivity contribution is -0.145. The quantitative estimate of drug-likeness (QED) is 0.603. The Morgan fingerprint density at radius 3 is 2.65 bits per heavy atom. The van der Waals surface area contributed by atoms with Crippen molar-refractivity contribution in [2.24, 2.45) is 0 Å². The van der Waals surface area contributed by atoms with E-state index in [2.05, 4.69) is 10.2 Å². The van der Waals surface area contributed by atoms with Gasteiger partial charge in [0, 0.05) is 12.0 Å². The van der Waals surface area contributed by atoms with Crippen LogP contribution in [0.25, 0.3) is 11.5 Å². The molecule has 1 heterocycles. The highest BCUT2D eigenvalue weighted by molar-refractivity contribution is 5.69. The Morgan fingerprint density at radius 1 is 1.12 bits per heavy atom. The highest BCUT2D eigenvalue weighted by atomic mass is 16.5. The average molecular weight is 352 g/mol. The Labute approximate surface area is 151 Å². The predicted octanol–water partition coefficient (Wildman–Crippen LogP) is 3.73. The Hall–Kier alpha value is -3.15. The van der Waals surface area contributed by atoms with E-state index in [1.165, 1.54) is 0 Å². The number of aryl methyl sites for hydroxylation is 2. The monoisotopic (exact) mass is 352 g/mol. The van der Waals surface area contributed by atoms with E-state index in [0.717, 1.165) is 22.4 Å². The van der Waals surface area contributed by atoms with Gasteiger partial charge >= 0.3 is 5.97 Å². The number of rotatable bonds is 7. The minimum absolute atomic E-state index is 0.0275. The fourth-order valence-corrected chi connectivity index (χ4v) is 2.46. The Bertz CT molecular complexity index is 872. The number of carbonyl (C=O) groups is 1. The van der Waals surface area contributed by atoms with Crippen molar-refractivity contribution in [3.05, 3.63) is 65.5 Å². The molecule has 0 aliphatic carbocycles. The molecular formula is C20H20N2O4. The molecule has 0 atom stereocenters. The number of aromatic nitrogens is 2. The van der Waals surface area contributed by atoms with Crippen molar-refractivity contribution in [3.8, 4) is 17.2 Å². The van der Waals surface area contributed by atoms with Gasteiger partial charge in [0.1, 0.15) is 5.75 Å². The molecule has 3 rings (SSSR count). The summed E-state index contributed by atoms with van der Waals surface area (Å²) in [6.07, 6.45) is 0.881. The van der Waals surface area contributed by atoms with Crippen molar-refractivity contribution in [2.75, 3.05) is 7.11 Å². The zero-order valence-electron chi connectivity index (χ0n) is 14.8. The van der Waals surface area contributed by atoms with Crippen LogP contribution in [0.5, 0.6) is 5.75 Å². The van der Waals surface area contributed by atoms with Crippen LogP contribution in [0.15, 0.2) is 52.9 Å². The molecule has 134 valence electrons. The van der Waals surface area contributed by atoms with Gasteiger partial charge in [-0.2, -0.15) is 0 Å². The predicted molar refractivity (Wildman–Crippen MR) is 95.6 cm³/mol. The molecule has 6 nitrogen and oxygen atoms in total.